The Morgan fingerprint density at radius 1 is 1.04 bits per heavy atom. The molecule has 4 rings (SSSR count). The quantitative estimate of drug-likeness (QED) is 0.736. The maximum absolute atomic E-state index is 13.8. The SMILES string of the molecule is O=C(c1ccccc1F)N1CCN(Cc2noc3ccccc23)CC1. The normalized spacial score (nSPS) is 15.6. The number of carbonyl (C=O) groups excluding carboxylic acids is 1. The Kier molecular flexibility index (Phi) is 4.19. The van der Waals surface area contributed by atoms with Crippen LogP contribution in [0.4, 0.5) is 4.39 Å². The number of carbonyl (C=O) groups is 1. The van der Waals surface area contributed by atoms with Crippen molar-refractivity contribution in [2.45, 2.75) is 6.54 Å². The zero-order valence-corrected chi connectivity index (χ0v) is 13.7. The van der Waals surface area contributed by atoms with E-state index in [1.54, 1.807) is 17.0 Å². The number of hydrogen-bond acceptors (Lipinski definition) is 4. The lowest BCUT2D eigenvalue weighted by Crippen LogP contribution is -2.48. The van der Waals surface area contributed by atoms with Gasteiger partial charge in [-0.15, -0.1) is 0 Å². The van der Waals surface area contributed by atoms with Gasteiger partial charge in [-0.3, -0.25) is 9.69 Å². The second kappa shape index (κ2) is 6.64. The summed E-state index contributed by atoms with van der Waals surface area (Å²) < 4.78 is 19.1. The minimum absolute atomic E-state index is 0.137. The van der Waals surface area contributed by atoms with Crippen LogP contribution < -0.4 is 0 Å². The Labute approximate surface area is 144 Å². The first-order valence-electron chi connectivity index (χ1n) is 8.32. The molecule has 1 aliphatic heterocycles. The van der Waals surface area contributed by atoms with Gasteiger partial charge in [-0.1, -0.05) is 29.4 Å². The third-order valence-electron chi connectivity index (χ3n) is 4.59. The van der Waals surface area contributed by atoms with E-state index in [0.29, 0.717) is 19.6 Å². The summed E-state index contributed by atoms with van der Waals surface area (Å²) in [5.74, 6) is -0.714. The van der Waals surface area contributed by atoms with Gasteiger partial charge >= 0.3 is 0 Å². The Morgan fingerprint density at radius 3 is 2.56 bits per heavy atom. The summed E-state index contributed by atoms with van der Waals surface area (Å²) in [6, 6.07) is 13.9. The van der Waals surface area contributed by atoms with Crippen LogP contribution in [0, 0.1) is 5.82 Å². The van der Waals surface area contributed by atoms with Gasteiger partial charge in [0.2, 0.25) is 0 Å². The smallest absolute Gasteiger partial charge is 0.256 e. The van der Waals surface area contributed by atoms with E-state index in [0.717, 1.165) is 29.8 Å². The molecule has 1 amide bonds. The van der Waals surface area contributed by atoms with Crippen molar-refractivity contribution in [2.24, 2.45) is 0 Å². The van der Waals surface area contributed by atoms with Gasteiger partial charge in [0.15, 0.2) is 5.58 Å². The number of piperazine rings is 1. The third-order valence-corrected chi connectivity index (χ3v) is 4.59. The van der Waals surface area contributed by atoms with Gasteiger partial charge in [0, 0.05) is 38.1 Å². The molecule has 5 nitrogen and oxygen atoms in total. The number of rotatable bonds is 3. The van der Waals surface area contributed by atoms with Crippen LogP contribution in [0.15, 0.2) is 53.1 Å². The summed E-state index contributed by atoms with van der Waals surface area (Å²) in [5, 5.41) is 5.18. The first-order valence-corrected chi connectivity index (χ1v) is 8.32. The standard InChI is InChI=1S/C19H18FN3O2/c20-16-7-3-1-5-14(16)19(24)23-11-9-22(10-12-23)13-17-15-6-2-4-8-18(15)25-21-17/h1-8H,9-13H2. The van der Waals surface area contributed by atoms with Gasteiger partial charge in [0.1, 0.15) is 11.5 Å². The number of para-hydroxylation sites is 1. The Balaban J connectivity index is 1.40. The first-order chi connectivity index (χ1) is 12.2. The zero-order chi connectivity index (χ0) is 17.2. The highest BCUT2D eigenvalue weighted by Gasteiger charge is 2.24. The van der Waals surface area contributed by atoms with Crippen molar-refractivity contribution in [3.8, 4) is 0 Å². The van der Waals surface area contributed by atoms with Crippen molar-refractivity contribution >= 4 is 16.9 Å². The summed E-state index contributed by atoms with van der Waals surface area (Å²) in [6.07, 6.45) is 0. The summed E-state index contributed by atoms with van der Waals surface area (Å²) in [5.41, 5.74) is 1.83. The number of aromatic nitrogens is 1. The fourth-order valence-electron chi connectivity index (χ4n) is 3.18. The van der Waals surface area contributed by atoms with Crippen LogP contribution in [0.1, 0.15) is 16.1 Å². The minimum Gasteiger partial charge on any atom is -0.356 e. The summed E-state index contributed by atoms with van der Waals surface area (Å²) >= 11 is 0. The van der Waals surface area contributed by atoms with E-state index in [2.05, 4.69) is 10.1 Å². The number of amides is 1. The monoisotopic (exact) mass is 339 g/mol. The highest BCUT2D eigenvalue weighted by Crippen LogP contribution is 2.20. The lowest BCUT2D eigenvalue weighted by atomic mass is 10.1. The molecule has 1 saturated heterocycles. The molecule has 0 saturated carbocycles. The van der Waals surface area contributed by atoms with Gasteiger partial charge in [0.05, 0.1) is 5.56 Å². The van der Waals surface area contributed by atoms with E-state index in [1.165, 1.54) is 12.1 Å². The van der Waals surface area contributed by atoms with E-state index < -0.39 is 5.82 Å². The molecule has 3 aromatic rings. The number of fused-ring (bicyclic) bond motifs is 1. The highest BCUT2D eigenvalue weighted by molar-refractivity contribution is 5.94. The number of nitrogens with zero attached hydrogens (tertiary/aromatic N) is 3. The van der Waals surface area contributed by atoms with Crippen molar-refractivity contribution in [3.63, 3.8) is 0 Å². The number of benzene rings is 2. The Bertz CT molecular complexity index is 900. The lowest BCUT2D eigenvalue weighted by molar-refractivity contribution is 0.0621. The molecule has 1 aromatic heterocycles. The summed E-state index contributed by atoms with van der Waals surface area (Å²) in [6.45, 7) is 3.27. The van der Waals surface area contributed by atoms with Crippen LogP contribution in [-0.2, 0) is 6.54 Å². The molecule has 0 unspecified atom stereocenters. The van der Waals surface area contributed by atoms with Crippen molar-refractivity contribution in [2.75, 3.05) is 26.2 Å². The number of hydrogen-bond donors (Lipinski definition) is 0. The van der Waals surface area contributed by atoms with E-state index in [-0.39, 0.29) is 11.5 Å². The lowest BCUT2D eigenvalue weighted by Gasteiger charge is -2.34. The van der Waals surface area contributed by atoms with Crippen molar-refractivity contribution < 1.29 is 13.7 Å². The maximum atomic E-state index is 13.8. The van der Waals surface area contributed by atoms with Gasteiger partial charge in [-0.05, 0) is 24.3 Å². The fourth-order valence-corrected chi connectivity index (χ4v) is 3.18. The molecule has 1 fully saturated rings. The first kappa shape index (κ1) is 15.8. The molecule has 0 N–H and O–H groups in total. The largest absolute Gasteiger partial charge is 0.356 e. The van der Waals surface area contributed by atoms with Crippen molar-refractivity contribution in [1.82, 2.24) is 15.0 Å². The molecular formula is C19H18FN3O2. The van der Waals surface area contributed by atoms with E-state index >= 15 is 0 Å². The molecular weight excluding hydrogens is 321 g/mol. The van der Waals surface area contributed by atoms with Gasteiger partial charge < -0.3 is 9.42 Å². The topological polar surface area (TPSA) is 49.6 Å². The van der Waals surface area contributed by atoms with E-state index in [4.69, 9.17) is 4.52 Å². The molecule has 25 heavy (non-hydrogen) atoms. The Hall–Kier alpha value is -2.73. The molecule has 0 spiro atoms. The molecule has 2 aromatic carbocycles. The van der Waals surface area contributed by atoms with Crippen molar-refractivity contribution in [3.05, 3.63) is 65.6 Å². The van der Waals surface area contributed by atoms with E-state index in [1.807, 2.05) is 24.3 Å². The average Bonchev–Trinajstić information content (AvgIpc) is 3.05. The van der Waals surface area contributed by atoms with Crippen LogP contribution in [0.25, 0.3) is 11.0 Å². The molecule has 0 aliphatic carbocycles. The minimum atomic E-state index is -0.469. The Morgan fingerprint density at radius 2 is 1.76 bits per heavy atom. The number of halogens is 1. The second-order valence-corrected chi connectivity index (χ2v) is 6.17. The van der Waals surface area contributed by atoms with Crippen molar-refractivity contribution in [1.29, 1.82) is 0 Å². The summed E-state index contributed by atoms with van der Waals surface area (Å²) in [4.78, 5) is 16.4. The van der Waals surface area contributed by atoms with Crippen LogP contribution in [0.2, 0.25) is 0 Å². The zero-order valence-electron chi connectivity index (χ0n) is 13.7. The average molecular weight is 339 g/mol. The van der Waals surface area contributed by atoms with Crippen LogP contribution in [0.3, 0.4) is 0 Å². The third kappa shape index (κ3) is 3.13. The van der Waals surface area contributed by atoms with Crippen LogP contribution >= 0.6 is 0 Å². The molecule has 0 radical (unpaired) electrons. The molecule has 0 bridgehead atoms. The second-order valence-electron chi connectivity index (χ2n) is 6.17. The van der Waals surface area contributed by atoms with Crippen LogP contribution in [0.5, 0.6) is 0 Å². The molecule has 6 heteroatoms. The maximum Gasteiger partial charge on any atom is 0.256 e. The van der Waals surface area contributed by atoms with E-state index in [9.17, 15) is 9.18 Å². The predicted octanol–water partition coefficient (Wildman–Crippen LogP) is 2.92. The molecule has 1 aliphatic rings. The molecule has 0 atom stereocenters. The van der Waals surface area contributed by atoms with Crippen LogP contribution in [-0.4, -0.2) is 47.0 Å². The van der Waals surface area contributed by atoms with Gasteiger partial charge in [0.25, 0.3) is 5.91 Å². The highest BCUT2D eigenvalue weighted by atomic mass is 19.1. The molecule has 2 heterocycles. The predicted molar refractivity (Wildman–Crippen MR) is 91.6 cm³/mol. The fraction of sp³-hybridized carbons (Fsp3) is 0.263. The summed E-state index contributed by atoms with van der Waals surface area (Å²) in [7, 11) is 0. The van der Waals surface area contributed by atoms with Gasteiger partial charge in [-0.25, -0.2) is 4.39 Å². The molecule has 128 valence electrons. The van der Waals surface area contributed by atoms with Gasteiger partial charge in [-0.2, -0.15) is 0 Å².